The highest BCUT2D eigenvalue weighted by atomic mass is 16.3. The third kappa shape index (κ3) is 5.97. The smallest absolute Gasteiger partial charge is 0.118 e. The maximum atomic E-state index is 11.8. The van der Waals surface area contributed by atoms with Gasteiger partial charge in [-0.2, -0.15) is 4.91 Å². The highest BCUT2D eigenvalue weighted by Gasteiger charge is 2.21. The Bertz CT molecular complexity index is 1300. The third-order valence-corrected chi connectivity index (χ3v) is 7.32. The largest absolute Gasteiger partial charge is 0.355 e. The van der Waals surface area contributed by atoms with Gasteiger partial charge in [0.25, 0.3) is 0 Å². The zero-order valence-corrected chi connectivity index (χ0v) is 20.9. The van der Waals surface area contributed by atoms with Crippen molar-refractivity contribution in [3.05, 3.63) is 107 Å². The van der Waals surface area contributed by atoms with Crippen LogP contribution < -0.4 is 5.32 Å². The Balaban J connectivity index is 1.19. The summed E-state index contributed by atoms with van der Waals surface area (Å²) in [7, 11) is 0. The van der Waals surface area contributed by atoms with Crippen molar-refractivity contribution in [3.8, 4) is 0 Å². The lowest BCUT2D eigenvalue weighted by Gasteiger charge is -2.32. The quantitative estimate of drug-likeness (QED) is 0.254. The van der Waals surface area contributed by atoms with Crippen LogP contribution in [0.4, 0.5) is 11.4 Å². The van der Waals surface area contributed by atoms with E-state index in [0.717, 1.165) is 65.5 Å². The number of hydrogen-bond acceptors (Lipinski definition) is 5. The molecule has 4 aromatic rings. The number of aromatic nitrogens is 1. The number of pyridine rings is 1. The molecule has 184 valence electrons. The molecule has 1 fully saturated rings. The van der Waals surface area contributed by atoms with Gasteiger partial charge in [-0.05, 0) is 87.0 Å². The number of piperidine rings is 1. The van der Waals surface area contributed by atoms with Crippen LogP contribution in [0, 0.1) is 17.7 Å². The van der Waals surface area contributed by atoms with E-state index in [-0.39, 0.29) is 6.04 Å². The molecular formula is C31H34N4O. The molecule has 1 aromatic heterocycles. The first kappa shape index (κ1) is 24.1. The third-order valence-electron chi connectivity index (χ3n) is 7.32. The van der Waals surface area contributed by atoms with Gasteiger partial charge in [0.05, 0.1) is 5.52 Å². The average Bonchev–Trinajstić information content (AvgIpc) is 2.91. The van der Waals surface area contributed by atoms with Crippen molar-refractivity contribution in [2.75, 3.05) is 25.0 Å². The van der Waals surface area contributed by atoms with Gasteiger partial charge in [0.15, 0.2) is 0 Å². The Kier molecular flexibility index (Phi) is 7.67. The highest BCUT2D eigenvalue weighted by molar-refractivity contribution is 5.93. The number of nitroso groups, excluding NO2 is 1. The van der Waals surface area contributed by atoms with Gasteiger partial charge in [0, 0.05) is 29.0 Å². The number of benzene rings is 3. The summed E-state index contributed by atoms with van der Waals surface area (Å²) in [5, 5.41) is 8.13. The fourth-order valence-corrected chi connectivity index (χ4v) is 5.34. The number of likely N-dealkylation sites (tertiary alicyclic amines) is 1. The standard InChI is InChI=1S/C31H34N4O/c1-23-20-31(28-12-5-6-13-30(28)32-23)33-27-11-7-10-26(22-27)29(34-36)16-19-35-17-14-25(15-18-35)21-24-8-3-2-4-9-24/h2-13,20,22,25,29H,14-19,21H2,1H3,(H,32,33). The molecule has 3 aromatic carbocycles. The van der Waals surface area contributed by atoms with Crippen molar-refractivity contribution in [1.29, 1.82) is 0 Å². The Labute approximate surface area is 213 Å². The molecule has 0 aliphatic carbocycles. The number of hydrogen-bond donors (Lipinski definition) is 1. The van der Waals surface area contributed by atoms with Gasteiger partial charge >= 0.3 is 0 Å². The molecule has 0 spiro atoms. The van der Waals surface area contributed by atoms with Gasteiger partial charge in [0.1, 0.15) is 6.04 Å². The summed E-state index contributed by atoms with van der Waals surface area (Å²) < 4.78 is 0. The van der Waals surface area contributed by atoms with E-state index < -0.39 is 0 Å². The second-order valence-electron chi connectivity index (χ2n) is 9.96. The van der Waals surface area contributed by atoms with Crippen LogP contribution in [-0.4, -0.2) is 29.5 Å². The summed E-state index contributed by atoms with van der Waals surface area (Å²) in [6, 6.07) is 28.8. The van der Waals surface area contributed by atoms with Crippen LogP contribution >= 0.6 is 0 Å². The molecule has 0 bridgehead atoms. The van der Waals surface area contributed by atoms with Crippen LogP contribution in [0.25, 0.3) is 10.9 Å². The summed E-state index contributed by atoms with van der Waals surface area (Å²) in [4.78, 5) is 18.9. The second-order valence-corrected chi connectivity index (χ2v) is 9.96. The molecule has 0 radical (unpaired) electrons. The lowest BCUT2D eigenvalue weighted by Crippen LogP contribution is -2.35. The van der Waals surface area contributed by atoms with Gasteiger partial charge in [-0.1, -0.05) is 65.8 Å². The van der Waals surface area contributed by atoms with E-state index in [1.54, 1.807) is 0 Å². The molecule has 36 heavy (non-hydrogen) atoms. The summed E-state index contributed by atoms with van der Waals surface area (Å²) in [5.41, 5.74) is 6.31. The monoisotopic (exact) mass is 478 g/mol. The van der Waals surface area contributed by atoms with Crippen molar-refractivity contribution < 1.29 is 0 Å². The van der Waals surface area contributed by atoms with E-state index in [9.17, 15) is 4.91 Å². The van der Waals surface area contributed by atoms with Crippen LogP contribution in [0.2, 0.25) is 0 Å². The molecule has 1 unspecified atom stereocenters. The lowest BCUT2D eigenvalue weighted by molar-refractivity contribution is 0.179. The number of rotatable bonds is 9. The van der Waals surface area contributed by atoms with E-state index in [1.807, 2.05) is 43.3 Å². The molecule has 1 aliphatic rings. The maximum Gasteiger partial charge on any atom is 0.118 e. The van der Waals surface area contributed by atoms with Gasteiger partial charge in [0.2, 0.25) is 0 Å². The molecule has 2 heterocycles. The van der Waals surface area contributed by atoms with Gasteiger partial charge in [-0.3, -0.25) is 4.98 Å². The minimum absolute atomic E-state index is 0.343. The van der Waals surface area contributed by atoms with E-state index >= 15 is 0 Å². The molecule has 0 saturated carbocycles. The van der Waals surface area contributed by atoms with Crippen molar-refractivity contribution in [3.63, 3.8) is 0 Å². The summed E-state index contributed by atoms with van der Waals surface area (Å²) >= 11 is 0. The lowest BCUT2D eigenvalue weighted by atomic mass is 9.90. The zero-order valence-electron chi connectivity index (χ0n) is 20.9. The van der Waals surface area contributed by atoms with E-state index in [2.05, 4.69) is 68.9 Å². The molecule has 5 heteroatoms. The fourth-order valence-electron chi connectivity index (χ4n) is 5.34. The van der Waals surface area contributed by atoms with Crippen molar-refractivity contribution in [2.24, 2.45) is 11.1 Å². The van der Waals surface area contributed by atoms with Crippen molar-refractivity contribution >= 4 is 22.3 Å². The van der Waals surface area contributed by atoms with Gasteiger partial charge in [-0.15, -0.1) is 0 Å². The molecule has 0 amide bonds. The first-order valence-corrected chi connectivity index (χ1v) is 13.0. The second kappa shape index (κ2) is 11.4. The number of anilines is 2. The summed E-state index contributed by atoms with van der Waals surface area (Å²) in [6.45, 7) is 5.10. The number of nitrogens with zero attached hydrogens (tertiary/aromatic N) is 3. The van der Waals surface area contributed by atoms with Crippen molar-refractivity contribution in [1.82, 2.24) is 9.88 Å². The van der Waals surface area contributed by atoms with Crippen LogP contribution in [-0.2, 0) is 6.42 Å². The molecule has 1 N–H and O–H groups in total. The van der Waals surface area contributed by atoms with Crippen LogP contribution in [0.1, 0.15) is 42.1 Å². The number of fused-ring (bicyclic) bond motifs is 1. The predicted molar refractivity (Wildman–Crippen MR) is 149 cm³/mol. The predicted octanol–water partition coefficient (Wildman–Crippen LogP) is 7.44. The van der Waals surface area contributed by atoms with Gasteiger partial charge < -0.3 is 10.2 Å². The molecule has 5 nitrogen and oxygen atoms in total. The first-order valence-electron chi connectivity index (χ1n) is 13.0. The Morgan fingerprint density at radius 3 is 2.56 bits per heavy atom. The topological polar surface area (TPSA) is 57.6 Å². The van der Waals surface area contributed by atoms with Crippen LogP contribution in [0.5, 0.6) is 0 Å². The SMILES string of the molecule is Cc1cc(Nc2cccc(C(CCN3CCC(Cc4ccccc4)CC3)N=O)c2)c2ccccc2n1. The van der Waals surface area contributed by atoms with Gasteiger partial charge in [-0.25, -0.2) is 0 Å². The van der Waals surface area contributed by atoms with E-state index in [0.29, 0.717) is 0 Å². The Hall–Kier alpha value is -3.57. The number of nitrogens with one attached hydrogen (secondary N) is 1. The number of aryl methyl sites for hydroxylation is 1. The van der Waals surface area contributed by atoms with Crippen LogP contribution in [0.3, 0.4) is 0 Å². The molecule has 5 rings (SSSR count). The molecular weight excluding hydrogens is 444 g/mol. The molecule has 1 aliphatic heterocycles. The minimum atomic E-state index is -0.343. The molecule has 1 saturated heterocycles. The minimum Gasteiger partial charge on any atom is -0.355 e. The fraction of sp³-hybridized carbons (Fsp3) is 0.323. The van der Waals surface area contributed by atoms with Crippen molar-refractivity contribution in [2.45, 2.75) is 38.6 Å². The zero-order chi connectivity index (χ0) is 24.7. The normalized spacial score (nSPS) is 15.6. The first-order chi connectivity index (χ1) is 17.7. The number of para-hydroxylation sites is 1. The average molecular weight is 479 g/mol. The van der Waals surface area contributed by atoms with E-state index in [1.165, 1.54) is 24.8 Å². The van der Waals surface area contributed by atoms with Crippen LogP contribution in [0.15, 0.2) is 90.1 Å². The Morgan fingerprint density at radius 2 is 1.75 bits per heavy atom. The maximum absolute atomic E-state index is 11.8. The molecule has 1 atom stereocenters. The summed E-state index contributed by atoms with van der Waals surface area (Å²) in [5.74, 6) is 0.749. The highest BCUT2D eigenvalue weighted by Crippen LogP contribution is 2.30. The Morgan fingerprint density at radius 1 is 0.972 bits per heavy atom. The van der Waals surface area contributed by atoms with E-state index in [4.69, 9.17) is 0 Å². The summed E-state index contributed by atoms with van der Waals surface area (Å²) in [6.07, 6.45) is 4.34.